The number of para-hydroxylation sites is 1. The Morgan fingerprint density at radius 2 is 1.89 bits per heavy atom. The van der Waals surface area contributed by atoms with E-state index in [4.69, 9.17) is 23.2 Å². The number of amidine groups is 1. The van der Waals surface area contributed by atoms with Gasteiger partial charge in [-0.25, -0.2) is 4.99 Å². The molecule has 28 heavy (non-hydrogen) atoms. The quantitative estimate of drug-likeness (QED) is 0.711. The second-order valence-corrected chi connectivity index (χ2v) is 8.58. The molecule has 4 rings (SSSR count). The molecular weight excluding hydrogens is 417 g/mol. The van der Waals surface area contributed by atoms with Gasteiger partial charge in [0, 0.05) is 12.5 Å². The van der Waals surface area contributed by atoms with Gasteiger partial charge in [-0.05, 0) is 37.1 Å². The molecule has 5 nitrogen and oxygen atoms in total. The SMILES string of the molecule is O=C(C[C@H]1SC(=Nc2ccccc2)N(C2CC2)C1=O)Nc1cccc(Cl)c1Cl. The van der Waals surface area contributed by atoms with Crippen molar-refractivity contribution in [2.45, 2.75) is 30.6 Å². The normalized spacial score (nSPS) is 20.6. The number of aliphatic imine (C=N–C) groups is 1. The number of carbonyl (C=O) groups is 2. The fourth-order valence-electron chi connectivity index (χ4n) is 2.94. The van der Waals surface area contributed by atoms with Crippen LogP contribution in [0, 0.1) is 0 Å². The molecule has 2 aliphatic rings. The first-order chi connectivity index (χ1) is 13.5. The summed E-state index contributed by atoms with van der Waals surface area (Å²) in [6, 6.07) is 14.7. The molecule has 1 aliphatic heterocycles. The number of thioether (sulfide) groups is 1. The molecule has 2 fully saturated rings. The van der Waals surface area contributed by atoms with Gasteiger partial charge in [0.2, 0.25) is 11.8 Å². The van der Waals surface area contributed by atoms with E-state index in [1.807, 2.05) is 30.3 Å². The molecule has 2 aromatic rings. The van der Waals surface area contributed by atoms with Crippen molar-refractivity contribution in [3.05, 3.63) is 58.6 Å². The van der Waals surface area contributed by atoms with Gasteiger partial charge in [0.1, 0.15) is 5.25 Å². The fourth-order valence-corrected chi connectivity index (χ4v) is 4.51. The predicted octanol–water partition coefficient (Wildman–Crippen LogP) is 5.12. The van der Waals surface area contributed by atoms with E-state index < -0.39 is 5.25 Å². The van der Waals surface area contributed by atoms with E-state index in [0.29, 0.717) is 15.9 Å². The molecule has 0 bridgehead atoms. The Bertz CT molecular complexity index is 948. The van der Waals surface area contributed by atoms with Crippen LogP contribution in [0.5, 0.6) is 0 Å². The molecule has 8 heteroatoms. The van der Waals surface area contributed by atoms with Crippen LogP contribution >= 0.6 is 35.0 Å². The van der Waals surface area contributed by atoms with Crippen LogP contribution in [0.15, 0.2) is 53.5 Å². The third-order valence-corrected chi connectivity index (χ3v) is 6.43. The molecule has 0 unspecified atom stereocenters. The molecule has 0 radical (unpaired) electrons. The van der Waals surface area contributed by atoms with Gasteiger partial charge in [0.05, 0.1) is 21.4 Å². The largest absolute Gasteiger partial charge is 0.325 e. The lowest BCUT2D eigenvalue weighted by Gasteiger charge is -2.15. The van der Waals surface area contributed by atoms with Crippen LogP contribution in [0.25, 0.3) is 0 Å². The molecule has 2 amide bonds. The molecular formula is C20H17Cl2N3O2S. The summed E-state index contributed by atoms with van der Waals surface area (Å²) in [5.41, 5.74) is 1.23. The van der Waals surface area contributed by atoms with Crippen LogP contribution in [-0.4, -0.2) is 33.2 Å². The smallest absolute Gasteiger partial charge is 0.242 e. The molecule has 1 saturated carbocycles. The summed E-state index contributed by atoms with van der Waals surface area (Å²) < 4.78 is 0. The van der Waals surface area contributed by atoms with Gasteiger partial charge < -0.3 is 5.32 Å². The van der Waals surface area contributed by atoms with Crippen molar-refractivity contribution in [2.24, 2.45) is 4.99 Å². The van der Waals surface area contributed by atoms with E-state index in [9.17, 15) is 9.59 Å². The van der Waals surface area contributed by atoms with Gasteiger partial charge >= 0.3 is 0 Å². The summed E-state index contributed by atoms with van der Waals surface area (Å²) in [6.45, 7) is 0. The minimum absolute atomic E-state index is 0.0450. The maximum Gasteiger partial charge on any atom is 0.242 e. The summed E-state index contributed by atoms with van der Waals surface area (Å²) in [6.07, 6.45) is 1.98. The Labute approximate surface area is 177 Å². The van der Waals surface area contributed by atoms with Gasteiger partial charge in [-0.1, -0.05) is 59.2 Å². The van der Waals surface area contributed by atoms with Gasteiger partial charge in [0.25, 0.3) is 0 Å². The van der Waals surface area contributed by atoms with E-state index in [2.05, 4.69) is 10.3 Å². The highest BCUT2D eigenvalue weighted by atomic mass is 35.5. The lowest BCUT2D eigenvalue weighted by atomic mass is 10.2. The highest BCUT2D eigenvalue weighted by Crippen LogP contribution is 2.39. The van der Waals surface area contributed by atoms with Crippen molar-refractivity contribution in [2.75, 3.05) is 5.32 Å². The van der Waals surface area contributed by atoms with Crippen LogP contribution in [0.1, 0.15) is 19.3 Å². The number of carbonyl (C=O) groups excluding carboxylic acids is 2. The molecule has 144 valence electrons. The molecule has 1 N–H and O–H groups in total. The van der Waals surface area contributed by atoms with Crippen molar-refractivity contribution < 1.29 is 9.59 Å². The van der Waals surface area contributed by atoms with Gasteiger partial charge in [0.15, 0.2) is 5.17 Å². The van der Waals surface area contributed by atoms with E-state index in [1.165, 1.54) is 11.8 Å². The van der Waals surface area contributed by atoms with Crippen LogP contribution in [-0.2, 0) is 9.59 Å². The standard InChI is InChI=1S/C20H17Cl2N3O2S/c21-14-7-4-8-15(18(14)22)24-17(26)11-16-19(27)25(13-9-10-13)20(28-16)23-12-5-2-1-3-6-12/h1-8,13,16H,9-11H2,(H,24,26)/t16-/m1/s1. The lowest BCUT2D eigenvalue weighted by Crippen LogP contribution is -2.35. The highest BCUT2D eigenvalue weighted by molar-refractivity contribution is 8.15. The van der Waals surface area contributed by atoms with E-state index >= 15 is 0 Å². The van der Waals surface area contributed by atoms with Crippen LogP contribution in [0.2, 0.25) is 10.0 Å². The molecule has 0 spiro atoms. The van der Waals surface area contributed by atoms with Crippen molar-refractivity contribution in [3.63, 3.8) is 0 Å². The lowest BCUT2D eigenvalue weighted by molar-refractivity contribution is -0.128. The van der Waals surface area contributed by atoms with Crippen LogP contribution in [0.3, 0.4) is 0 Å². The summed E-state index contributed by atoms with van der Waals surface area (Å²) in [4.78, 5) is 31.8. The number of nitrogens with one attached hydrogen (secondary N) is 1. The van der Waals surface area contributed by atoms with Crippen molar-refractivity contribution in [1.82, 2.24) is 4.90 Å². The molecule has 1 atom stereocenters. The topological polar surface area (TPSA) is 61.8 Å². The fraction of sp³-hybridized carbons (Fsp3) is 0.250. The second-order valence-electron chi connectivity index (χ2n) is 6.63. The number of amides is 2. The second kappa shape index (κ2) is 8.15. The monoisotopic (exact) mass is 433 g/mol. The number of anilines is 1. The predicted molar refractivity (Wildman–Crippen MR) is 114 cm³/mol. The minimum Gasteiger partial charge on any atom is -0.325 e. The zero-order valence-corrected chi connectivity index (χ0v) is 17.1. The maximum atomic E-state index is 12.9. The number of hydrogen-bond acceptors (Lipinski definition) is 4. The summed E-state index contributed by atoms with van der Waals surface area (Å²) in [5.74, 6) is -0.346. The average Bonchev–Trinajstić information content (AvgIpc) is 3.46. The third-order valence-electron chi connectivity index (χ3n) is 4.46. The summed E-state index contributed by atoms with van der Waals surface area (Å²) >= 11 is 13.4. The Balaban J connectivity index is 1.49. The molecule has 0 aromatic heterocycles. The first kappa shape index (κ1) is 19.3. The number of rotatable bonds is 5. The van der Waals surface area contributed by atoms with Gasteiger partial charge in [-0.15, -0.1) is 0 Å². The number of nitrogens with zero attached hydrogens (tertiary/aromatic N) is 2. The Hall–Kier alpha value is -2.02. The Kier molecular flexibility index (Phi) is 5.62. The van der Waals surface area contributed by atoms with E-state index in [-0.39, 0.29) is 29.3 Å². The zero-order chi connectivity index (χ0) is 19.7. The molecule has 2 aromatic carbocycles. The maximum absolute atomic E-state index is 12.9. The van der Waals surface area contributed by atoms with Gasteiger partial charge in [-0.3, -0.25) is 14.5 Å². The van der Waals surface area contributed by atoms with Crippen molar-refractivity contribution >= 4 is 63.3 Å². The van der Waals surface area contributed by atoms with Crippen LogP contribution < -0.4 is 5.32 Å². The highest BCUT2D eigenvalue weighted by Gasteiger charge is 2.46. The Morgan fingerprint density at radius 3 is 2.61 bits per heavy atom. The molecule has 1 saturated heterocycles. The van der Waals surface area contributed by atoms with Gasteiger partial charge in [-0.2, -0.15) is 0 Å². The molecule has 1 aliphatic carbocycles. The van der Waals surface area contributed by atoms with E-state index in [0.717, 1.165) is 18.5 Å². The third kappa shape index (κ3) is 4.19. The first-order valence-corrected chi connectivity index (χ1v) is 10.5. The van der Waals surface area contributed by atoms with Crippen LogP contribution in [0.4, 0.5) is 11.4 Å². The first-order valence-electron chi connectivity index (χ1n) is 8.90. The average molecular weight is 434 g/mol. The van der Waals surface area contributed by atoms with Crippen molar-refractivity contribution in [1.29, 1.82) is 0 Å². The number of benzene rings is 2. The summed E-state index contributed by atoms with van der Waals surface area (Å²) in [5, 5.41) is 3.56. The minimum atomic E-state index is -0.499. The number of hydrogen-bond donors (Lipinski definition) is 1. The summed E-state index contributed by atoms with van der Waals surface area (Å²) in [7, 11) is 0. The molecule has 1 heterocycles. The Morgan fingerprint density at radius 1 is 1.14 bits per heavy atom. The van der Waals surface area contributed by atoms with E-state index in [1.54, 1.807) is 23.1 Å². The number of halogens is 2. The zero-order valence-electron chi connectivity index (χ0n) is 14.8. The van der Waals surface area contributed by atoms with Crippen molar-refractivity contribution in [3.8, 4) is 0 Å².